The maximum Gasteiger partial charge on any atom is 0.272 e. The van der Waals surface area contributed by atoms with Crippen LogP contribution in [-0.4, -0.2) is 16.6 Å². The second-order valence-corrected chi connectivity index (χ2v) is 2.75. The number of halogens is 1. The Morgan fingerprint density at radius 2 is 2.29 bits per heavy atom. The Hall–Kier alpha value is -1.53. The van der Waals surface area contributed by atoms with Gasteiger partial charge in [-0.15, -0.1) is 0 Å². The van der Waals surface area contributed by atoms with Crippen molar-refractivity contribution in [1.29, 1.82) is 0 Å². The monoisotopic (exact) mass is 200 g/mol. The maximum atomic E-state index is 13.2. The van der Waals surface area contributed by atoms with Crippen molar-refractivity contribution in [2.75, 3.05) is 6.61 Å². The van der Waals surface area contributed by atoms with Gasteiger partial charge in [0.25, 0.3) is 5.69 Å². The molecule has 0 bridgehead atoms. The zero-order chi connectivity index (χ0) is 10.7. The fraction of sp³-hybridized carbons (Fsp3) is 0.250. The lowest BCUT2D eigenvalue weighted by Crippen LogP contribution is -2.16. The zero-order valence-electron chi connectivity index (χ0n) is 7.18. The Morgan fingerprint density at radius 3 is 2.71 bits per heavy atom. The molecule has 76 valence electrons. The number of nitrogens with zero attached hydrogens (tertiary/aromatic N) is 1. The van der Waals surface area contributed by atoms with Crippen molar-refractivity contribution < 1.29 is 14.4 Å². The van der Waals surface area contributed by atoms with E-state index >= 15 is 0 Å². The fourth-order valence-corrected chi connectivity index (χ4v) is 1.03. The van der Waals surface area contributed by atoms with Crippen molar-refractivity contribution in [3.63, 3.8) is 0 Å². The van der Waals surface area contributed by atoms with Crippen LogP contribution in [0.3, 0.4) is 0 Å². The zero-order valence-corrected chi connectivity index (χ0v) is 7.18. The lowest BCUT2D eigenvalue weighted by atomic mass is 10.1. The SMILES string of the molecule is N[C@H](CO)c1ccc([N+](=O)[O-])cc1F. The normalized spacial score (nSPS) is 12.5. The number of hydrogen-bond acceptors (Lipinski definition) is 4. The van der Waals surface area contributed by atoms with Crippen LogP contribution in [0.4, 0.5) is 10.1 Å². The summed E-state index contributed by atoms with van der Waals surface area (Å²) in [5.41, 5.74) is 5.09. The van der Waals surface area contributed by atoms with E-state index in [9.17, 15) is 14.5 Å². The minimum atomic E-state index is -0.851. The van der Waals surface area contributed by atoms with E-state index in [0.29, 0.717) is 0 Å². The molecule has 1 rings (SSSR count). The van der Waals surface area contributed by atoms with Crippen LogP contribution in [-0.2, 0) is 0 Å². The molecule has 1 aromatic carbocycles. The molecule has 0 heterocycles. The molecule has 0 saturated heterocycles. The molecule has 0 aromatic heterocycles. The third kappa shape index (κ3) is 2.04. The van der Waals surface area contributed by atoms with Gasteiger partial charge in [0, 0.05) is 11.6 Å². The molecule has 3 N–H and O–H groups in total. The molecular weight excluding hydrogens is 191 g/mol. The molecule has 6 heteroatoms. The summed E-state index contributed by atoms with van der Waals surface area (Å²) in [6.45, 7) is -0.408. The molecule has 0 fully saturated rings. The highest BCUT2D eigenvalue weighted by molar-refractivity contribution is 5.35. The van der Waals surface area contributed by atoms with Crippen molar-refractivity contribution in [2.45, 2.75) is 6.04 Å². The fourth-order valence-electron chi connectivity index (χ4n) is 1.03. The van der Waals surface area contributed by atoms with Gasteiger partial charge in [-0.3, -0.25) is 10.1 Å². The van der Waals surface area contributed by atoms with Gasteiger partial charge in [0.15, 0.2) is 0 Å². The molecule has 0 amide bonds. The molecule has 0 saturated carbocycles. The molecule has 14 heavy (non-hydrogen) atoms. The summed E-state index contributed by atoms with van der Waals surface area (Å²) >= 11 is 0. The summed E-state index contributed by atoms with van der Waals surface area (Å²) in [4.78, 5) is 9.57. The highest BCUT2D eigenvalue weighted by Crippen LogP contribution is 2.20. The number of nitro groups is 1. The van der Waals surface area contributed by atoms with Gasteiger partial charge in [0.2, 0.25) is 0 Å². The topological polar surface area (TPSA) is 89.4 Å². The standard InChI is InChI=1S/C8H9FN2O3/c9-7-3-5(11(13)14)1-2-6(7)8(10)4-12/h1-3,8,12H,4,10H2/t8-/m1/s1. The minimum absolute atomic E-state index is 0.0677. The molecule has 0 unspecified atom stereocenters. The summed E-state index contributed by atoms with van der Waals surface area (Å²) in [5, 5.41) is 18.9. The lowest BCUT2D eigenvalue weighted by molar-refractivity contribution is -0.385. The third-order valence-electron chi connectivity index (χ3n) is 1.79. The van der Waals surface area contributed by atoms with E-state index in [1.165, 1.54) is 6.07 Å². The molecule has 1 atom stereocenters. The average Bonchev–Trinajstić information content (AvgIpc) is 2.16. The minimum Gasteiger partial charge on any atom is -0.394 e. The van der Waals surface area contributed by atoms with Crippen LogP contribution in [0.25, 0.3) is 0 Å². The number of nitrogens with two attached hydrogens (primary N) is 1. The van der Waals surface area contributed by atoms with Gasteiger partial charge >= 0.3 is 0 Å². The van der Waals surface area contributed by atoms with Crippen LogP contribution < -0.4 is 5.73 Å². The second kappa shape index (κ2) is 4.12. The van der Waals surface area contributed by atoms with Crippen molar-refractivity contribution in [3.05, 3.63) is 39.7 Å². The van der Waals surface area contributed by atoms with Crippen LogP contribution in [0, 0.1) is 15.9 Å². The number of benzene rings is 1. The van der Waals surface area contributed by atoms with E-state index in [-0.39, 0.29) is 11.3 Å². The third-order valence-corrected chi connectivity index (χ3v) is 1.79. The summed E-state index contributed by atoms with van der Waals surface area (Å²) < 4.78 is 13.2. The highest BCUT2D eigenvalue weighted by Gasteiger charge is 2.14. The number of hydrogen-bond donors (Lipinski definition) is 2. The van der Waals surface area contributed by atoms with Crippen LogP contribution >= 0.6 is 0 Å². The quantitative estimate of drug-likeness (QED) is 0.555. The van der Waals surface area contributed by atoms with Crippen LogP contribution in [0.15, 0.2) is 18.2 Å². The van der Waals surface area contributed by atoms with E-state index in [4.69, 9.17) is 10.8 Å². The summed E-state index contributed by atoms with van der Waals surface area (Å²) in [6, 6.07) is 2.28. The lowest BCUT2D eigenvalue weighted by Gasteiger charge is -2.08. The van der Waals surface area contributed by atoms with Crippen molar-refractivity contribution in [2.24, 2.45) is 5.73 Å². The number of non-ortho nitro benzene ring substituents is 1. The van der Waals surface area contributed by atoms with Gasteiger partial charge < -0.3 is 10.8 Å². The maximum absolute atomic E-state index is 13.2. The summed E-state index contributed by atoms with van der Waals surface area (Å²) in [5.74, 6) is -0.777. The molecule has 0 aliphatic rings. The van der Waals surface area contributed by atoms with Crippen molar-refractivity contribution >= 4 is 5.69 Å². The second-order valence-electron chi connectivity index (χ2n) is 2.75. The van der Waals surface area contributed by atoms with Gasteiger partial charge in [-0.1, -0.05) is 0 Å². The van der Waals surface area contributed by atoms with Crippen LogP contribution in [0.5, 0.6) is 0 Å². The molecule has 5 nitrogen and oxygen atoms in total. The largest absolute Gasteiger partial charge is 0.394 e. The Labute approximate surface area is 79.1 Å². The predicted octanol–water partition coefficient (Wildman–Crippen LogP) is 0.726. The van der Waals surface area contributed by atoms with Gasteiger partial charge in [-0.2, -0.15) is 0 Å². The first kappa shape index (κ1) is 10.6. The van der Waals surface area contributed by atoms with E-state index in [1.54, 1.807) is 0 Å². The molecular formula is C8H9FN2O3. The van der Waals surface area contributed by atoms with Crippen LogP contribution in [0.2, 0.25) is 0 Å². The first-order valence-corrected chi connectivity index (χ1v) is 3.86. The Balaban J connectivity index is 3.07. The first-order valence-electron chi connectivity index (χ1n) is 3.86. The van der Waals surface area contributed by atoms with Crippen LogP contribution in [0.1, 0.15) is 11.6 Å². The number of aliphatic hydroxyl groups excluding tert-OH is 1. The number of nitro benzene ring substituents is 1. The van der Waals surface area contributed by atoms with Gasteiger partial charge in [0.05, 0.1) is 23.6 Å². The van der Waals surface area contributed by atoms with Gasteiger partial charge in [-0.25, -0.2) is 4.39 Å². The highest BCUT2D eigenvalue weighted by atomic mass is 19.1. The molecule has 0 spiro atoms. The molecule has 1 aromatic rings. The van der Waals surface area contributed by atoms with E-state index in [1.807, 2.05) is 0 Å². The van der Waals surface area contributed by atoms with E-state index in [0.717, 1.165) is 12.1 Å². The van der Waals surface area contributed by atoms with E-state index < -0.39 is 23.4 Å². The van der Waals surface area contributed by atoms with E-state index in [2.05, 4.69) is 0 Å². The average molecular weight is 200 g/mol. The molecule has 0 aliphatic carbocycles. The summed E-state index contributed by atoms with van der Waals surface area (Å²) in [6.07, 6.45) is 0. The number of aliphatic hydroxyl groups is 1. The first-order chi connectivity index (χ1) is 6.56. The van der Waals surface area contributed by atoms with Gasteiger partial charge in [-0.05, 0) is 6.07 Å². The predicted molar refractivity (Wildman–Crippen MR) is 47.1 cm³/mol. The Kier molecular flexibility index (Phi) is 3.10. The smallest absolute Gasteiger partial charge is 0.272 e. The number of rotatable bonds is 3. The van der Waals surface area contributed by atoms with Crippen molar-refractivity contribution in [1.82, 2.24) is 0 Å². The summed E-state index contributed by atoms with van der Waals surface area (Å²) in [7, 11) is 0. The molecule has 0 radical (unpaired) electrons. The Bertz CT molecular complexity index is 356. The molecule has 0 aliphatic heterocycles. The van der Waals surface area contributed by atoms with Gasteiger partial charge in [0.1, 0.15) is 5.82 Å². The Morgan fingerprint density at radius 1 is 1.64 bits per heavy atom. The van der Waals surface area contributed by atoms with Crippen molar-refractivity contribution in [3.8, 4) is 0 Å².